The summed E-state index contributed by atoms with van der Waals surface area (Å²) >= 11 is 0. The normalized spacial score (nSPS) is 30.6. The van der Waals surface area contributed by atoms with Crippen LogP contribution in [0.15, 0.2) is 34.9 Å². The second kappa shape index (κ2) is 4.28. The molecule has 1 saturated heterocycles. The lowest BCUT2D eigenvalue weighted by Gasteiger charge is -2.14. The maximum atomic E-state index is 12.8. The largest absolute Gasteiger partial charge is 0.354 e. The molecular formula is C16H11N3O5. The molecule has 4 atom stereocenters. The van der Waals surface area contributed by atoms with E-state index in [2.05, 4.69) is 5.16 Å². The van der Waals surface area contributed by atoms with E-state index in [1.165, 1.54) is 18.2 Å². The minimum atomic E-state index is -0.539. The molecule has 1 aliphatic heterocycles. The van der Waals surface area contributed by atoms with E-state index in [0.29, 0.717) is 11.0 Å². The van der Waals surface area contributed by atoms with Gasteiger partial charge in [0, 0.05) is 12.1 Å². The summed E-state index contributed by atoms with van der Waals surface area (Å²) in [6.45, 7) is 0. The molecule has 2 heterocycles. The molecule has 5 rings (SSSR count). The molecule has 0 unspecified atom stereocenters. The summed E-state index contributed by atoms with van der Waals surface area (Å²) in [5.74, 6) is -1.04. The van der Waals surface area contributed by atoms with Gasteiger partial charge in [0.2, 0.25) is 11.8 Å². The summed E-state index contributed by atoms with van der Waals surface area (Å²) in [5.41, 5.74) is 0.155. The number of nitro benzene ring substituents is 1. The van der Waals surface area contributed by atoms with Gasteiger partial charge in [0.05, 0.1) is 22.1 Å². The van der Waals surface area contributed by atoms with Crippen molar-refractivity contribution in [3.8, 4) is 0 Å². The number of allylic oxidation sites excluding steroid dienone is 2. The average molecular weight is 325 g/mol. The number of carbonyl (C=O) groups is 2. The molecule has 0 spiro atoms. The second-order valence-corrected chi connectivity index (χ2v) is 6.46. The zero-order valence-electron chi connectivity index (χ0n) is 12.3. The monoisotopic (exact) mass is 325 g/mol. The summed E-state index contributed by atoms with van der Waals surface area (Å²) in [7, 11) is 0. The molecule has 2 fully saturated rings. The maximum absolute atomic E-state index is 12.8. The van der Waals surface area contributed by atoms with E-state index in [0.717, 1.165) is 11.3 Å². The lowest BCUT2D eigenvalue weighted by Crippen LogP contribution is -2.33. The van der Waals surface area contributed by atoms with Crippen molar-refractivity contribution in [2.45, 2.75) is 6.42 Å². The number of hydrogen-bond donors (Lipinski definition) is 0. The molecule has 2 aliphatic carbocycles. The number of anilines is 1. The number of carbonyl (C=O) groups excluding carboxylic acids is 2. The molecule has 3 aliphatic rings. The Kier molecular flexibility index (Phi) is 2.39. The lowest BCUT2D eigenvalue weighted by molar-refractivity contribution is -0.384. The fraction of sp³-hybridized carbons (Fsp3) is 0.312. The molecule has 2 aromatic rings. The predicted octanol–water partition coefficient (Wildman–Crippen LogP) is 2.05. The number of amides is 2. The zero-order chi connectivity index (χ0) is 16.6. The van der Waals surface area contributed by atoms with E-state index < -0.39 is 4.92 Å². The van der Waals surface area contributed by atoms with Crippen LogP contribution in [0.5, 0.6) is 0 Å². The minimum Gasteiger partial charge on any atom is -0.354 e. The quantitative estimate of drug-likeness (QED) is 0.362. The highest BCUT2D eigenvalue weighted by Crippen LogP contribution is 2.53. The van der Waals surface area contributed by atoms with E-state index in [4.69, 9.17) is 4.52 Å². The highest BCUT2D eigenvalue weighted by molar-refractivity contribution is 6.24. The van der Waals surface area contributed by atoms with Crippen LogP contribution in [0.1, 0.15) is 6.42 Å². The van der Waals surface area contributed by atoms with Crippen LogP contribution < -0.4 is 4.90 Å². The smallest absolute Gasteiger partial charge is 0.270 e. The van der Waals surface area contributed by atoms with Crippen molar-refractivity contribution < 1.29 is 19.0 Å². The van der Waals surface area contributed by atoms with Crippen LogP contribution in [0, 0.1) is 33.8 Å². The van der Waals surface area contributed by atoms with Gasteiger partial charge in [-0.05, 0) is 24.3 Å². The number of nitrogens with zero attached hydrogens (tertiary/aromatic N) is 3. The van der Waals surface area contributed by atoms with E-state index >= 15 is 0 Å². The van der Waals surface area contributed by atoms with Crippen LogP contribution in [0.4, 0.5) is 11.5 Å². The van der Waals surface area contributed by atoms with Crippen LogP contribution in [-0.2, 0) is 9.59 Å². The highest BCUT2D eigenvalue weighted by atomic mass is 16.6. The van der Waals surface area contributed by atoms with E-state index in [1.54, 1.807) is 0 Å². The molecule has 8 heteroatoms. The first-order chi connectivity index (χ1) is 11.6. The van der Waals surface area contributed by atoms with Gasteiger partial charge in [0.15, 0.2) is 11.4 Å². The first kappa shape index (κ1) is 13.4. The molecule has 2 bridgehead atoms. The van der Waals surface area contributed by atoms with Gasteiger partial charge in [-0.25, -0.2) is 4.90 Å². The second-order valence-electron chi connectivity index (χ2n) is 6.46. The zero-order valence-corrected chi connectivity index (χ0v) is 12.3. The first-order valence-electron chi connectivity index (χ1n) is 7.66. The van der Waals surface area contributed by atoms with Crippen molar-refractivity contribution in [2.75, 3.05) is 4.90 Å². The van der Waals surface area contributed by atoms with Crippen LogP contribution in [0.3, 0.4) is 0 Å². The number of fused-ring (bicyclic) bond motifs is 6. The van der Waals surface area contributed by atoms with Gasteiger partial charge in [-0.2, -0.15) is 0 Å². The van der Waals surface area contributed by atoms with Crippen molar-refractivity contribution >= 4 is 34.3 Å². The van der Waals surface area contributed by atoms with E-state index in [1.807, 2.05) is 12.2 Å². The molecule has 1 aromatic heterocycles. The Balaban J connectivity index is 1.63. The molecule has 0 radical (unpaired) electrons. The number of nitro groups is 1. The lowest BCUT2D eigenvalue weighted by atomic mass is 9.85. The Bertz CT molecular complexity index is 932. The fourth-order valence-corrected chi connectivity index (χ4v) is 4.30. The SMILES string of the molecule is O=C1[C@@H]2[C@H](C(=O)N1c1noc3ccc([N+](=O)[O-])cc13)[C@@H]1C=C[C@H]2C1. The van der Waals surface area contributed by atoms with Crippen molar-refractivity contribution in [3.05, 3.63) is 40.5 Å². The fourth-order valence-electron chi connectivity index (χ4n) is 4.30. The van der Waals surface area contributed by atoms with Gasteiger partial charge in [-0.3, -0.25) is 19.7 Å². The highest BCUT2D eigenvalue weighted by Gasteiger charge is 2.60. The molecule has 120 valence electrons. The summed E-state index contributed by atoms with van der Waals surface area (Å²) in [5, 5.41) is 15.1. The van der Waals surface area contributed by atoms with Crippen LogP contribution in [0.25, 0.3) is 11.0 Å². The number of hydrogen-bond acceptors (Lipinski definition) is 6. The standard InChI is InChI=1S/C16H11N3O5/c20-15-12-7-1-2-8(5-7)13(12)16(21)18(15)14-10-6-9(19(22)23)3-4-11(10)24-17-14/h1-4,6-8,12-13H,5H2/t7-,8+,12-,13+. The molecule has 1 aromatic carbocycles. The van der Waals surface area contributed by atoms with Crippen LogP contribution >= 0.6 is 0 Å². The van der Waals surface area contributed by atoms with Crippen molar-refractivity contribution in [2.24, 2.45) is 23.7 Å². The van der Waals surface area contributed by atoms with Gasteiger partial charge in [0.25, 0.3) is 5.69 Å². The van der Waals surface area contributed by atoms with E-state index in [9.17, 15) is 19.7 Å². The average Bonchev–Trinajstić information content (AvgIpc) is 3.30. The molecular weight excluding hydrogens is 314 g/mol. The third-order valence-electron chi connectivity index (χ3n) is 5.33. The van der Waals surface area contributed by atoms with Crippen LogP contribution in [0.2, 0.25) is 0 Å². The number of benzene rings is 1. The van der Waals surface area contributed by atoms with Crippen molar-refractivity contribution in [1.82, 2.24) is 5.16 Å². The summed E-state index contributed by atoms with van der Waals surface area (Å²) in [6.07, 6.45) is 4.85. The van der Waals surface area contributed by atoms with E-state index in [-0.39, 0.29) is 47.0 Å². The molecule has 24 heavy (non-hydrogen) atoms. The summed E-state index contributed by atoms with van der Waals surface area (Å²) in [6, 6.07) is 3.99. The topological polar surface area (TPSA) is 107 Å². The van der Waals surface area contributed by atoms with Crippen LogP contribution in [-0.4, -0.2) is 21.9 Å². The minimum absolute atomic E-state index is 0.0532. The molecule has 8 nitrogen and oxygen atoms in total. The van der Waals surface area contributed by atoms with Crippen molar-refractivity contribution in [1.29, 1.82) is 0 Å². The summed E-state index contributed by atoms with van der Waals surface area (Å²) < 4.78 is 5.15. The van der Waals surface area contributed by atoms with Gasteiger partial charge >= 0.3 is 0 Å². The Labute approximate surface area is 134 Å². The summed E-state index contributed by atoms with van der Waals surface area (Å²) in [4.78, 5) is 37.1. The van der Waals surface area contributed by atoms with Gasteiger partial charge in [-0.15, -0.1) is 0 Å². The number of imide groups is 1. The maximum Gasteiger partial charge on any atom is 0.270 e. The Morgan fingerprint density at radius 2 is 1.83 bits per heavy atom. The molecule has 1 saturated carbocycles. The Morgan fingerprint density at radius 3 is 2.46 bits per heavy atom. The third kappa shape index (κ3) is 1.50. The molecule has 2 amide bonds. The first-order valence-corrected chi connectivity index (χ1v) is 7.66. The predicted molar refractivity (Wildman–Crippen MR) is 80.9 cm³/mol. The third-order valence-corrected chi connectivity index (χ3v) is 5.33. The number of aromatic nitrogens is 1. The van der Waals surface area contributed by atoms with Crippen molar-refractivity contribution in [3.63, 3.8) is 0 Å². The number of non-ortho nitro benzene ring substituents is 1. The van der Waals surface area contributed by atoms with Gasteiger partial charge in [0.1, 0.15) is 0 Å². The van der Waals surface area contributed by atoms with Gasteiger partial charge < -0.3 is 4.52 Å². The Morgan fingerprint density at radius 1 is 1.17 bits per heavy atom. The Hall–Kier alpha value is -3.03. The van der Waals surface area contributed by atoms with Gasteiger partial charge in [-0.1, -0.05) is 17.3 Å². The number of rotatable bonds is 2. The molecule has 0 N–H and O–H groups in total.